The third-order valence-electron chi connectivity index (χ3n) is 5.35. The van der Waals surface area contributed by atoms with Crippen LogP contribution in [-0.4, -0.2) is 37.7 Å². The number of nitrogens with zero attached hydrogens (tertiary/aromatic N) is 3. The summed E-state index contributed by atoms with van der Waals surface area (Å²) in [5.74, 6) is 0.465. The van der Waals surface area contributed by atoms with E-state index in [0.29, 0.717) is 12.3 Å². The maximum Gasteiger partial charge on any atom is 0.217 e. The van der Waals surface area contributed by atoms with Crippen molar-refractivity contribution in [3.63, 3.8) is 0 Å². The van der Waals surface area contributed by atoms with Gasteiger partial charge in [0.05, 0.1) is 11.3 Å². The SMILES string of the molecule is CC(=O)N[C@@H]1CCC[C@@H]1Cn1cc(CC2(O)CCCCC2)nn1. The van der Waals surface area contributed by atoms with Gasteiger partial charge in [-0.2, -0.15) is 0 Å². The molecule has 2 aliphatic carbocycles. The first kappa shape index (κ1) is 16.4. The molecule has 2 aliphatic rings. The van der Waals surface area contributed by atoms with E-state index in [9.17, 15) is 9.90 Å². The van der Waals surface area contributed by atoms with Crippen molar-refractivity contribution in [1.82, 2.24) is 20.3 Å². The van der Waals surface area contributed by atoms with Crippen LogP contribution in [0.25, 0.3) is 0 Å². The van der Waals surface area contributed by atoms with Crippen molar-refractivity contribution in [3.05, 3.63) is 11.9 Å². The van der Waals surface area contributed by atoms with Gasteiger partial charge >= 0.3 is 0 Å². The lowest BCUT2D eigenvalue weighted by atomic mass is 9.82. The zero-order chi connectivity index (χ0) is 16.3. The molecular weight excluding hydrogens is 292 g/mol. The molecule has 0 saturated heterocycles. The quantitative estimate of drug-likeness (QED) is 0.867. The van der Waals surface area contributed by atoms with Crippen molar-refractivity contribution in [2.75, 3.05) is 0 Å². The summed E-state index contributed by atoms with van der Waals surface area (Å²) < 4.78 is 1.88. The molecule has 1 aromatic rings. The van der Waals surface area contributed by atoms with Gasteiger partial charge in [-0.25, -0.2) is 0 Å². The standard InChI is InChI=1S/C17H28N4O2/c1-13(22)18-16-7-5-6-14(16)11-21-12-15(19-20-21)10-17(23)8-3-2-4-9-17/h12,14,16,23H,2-11H2,1H3,(H,18,22)/t14-,16-/m1/s1. The molecular formula is C17H28N4O2. The molecule has 0 radical (unpaired) electrons. The minimum absolute atomic E-state index is 0.0423. The maximum atomic E-state index is 11.3. The van der Waals surface area contributed by atoms with Gasteiger partial charge in [-0.05, 0) is 31.6 Å². The van der Waals surface area contributed by atoms with Gasteiger partial charge in [-0.15, -0.1) is 5.10 Å². The van der Waals surface area contributed by atoms with E-state index in [1.165, 1.54) is 6.42 Å². The second-order valence-corrected chi connectivity index (χ2v) is 7.39. The third-order valence-corrected chi connectivity index (χ3v) is 5.35. The Morgan fingerprint density at radius 1 is 1.35 bits per heavy atom. The first-order valence-corrected chi connectivity index (χ1v) is 8.93. The van der Waals surface area contributed by atoms with Crippen LogP contribution in [-0.2, 0) is 17.8 Å². The molecule has 0 aromatic carbocycles. The van der Waals surface area contributed by atoms with Crippen molar-refractivity contribution < 1.29 is 9.90 Å². The van der Waals surface area contributed by atoms with E-state index in [-0.39, 0.29) is 11.9 Å². The summed E-state index contributed by atoms with van der Waals surface area (Å²) in [5.41, 5.74) is 0.286. The largest absolute Gasteiger partial charge is 0.389 e. The number of aliphatic hydroxyl groups is 1. The molecule has 3 rings (SSSR count). The van der Waals surface area contributed by atoms with Crippen molar-refractivity contribution in [1.29, 1.82) is 0 Å². The number of hydrogen-bond donors (Lipinski definition) is 2. The summed E-state index contributed by atoms with van der Waals surface area (Å²) in [6, 6.07) is 0.252. The maximum absolute atomic E-state index is 11.3. The Morgan fingerprint density at radius 2 is 2.13 bits per heavy atom. The molecule has 2 N–H and O–H groups in total. The number of amides is 1. The van der Waals surface area contributed by atoms with Gasteiger partial charge in [0.1, 0.15) is 0 Å². The molecule has 2 atom stereocenters. The average Bonchev–Trinajstić information content (AvgIpc) is 3.09. The molecule has 0 aliphatic heterocycles. The number of hydrogen-bond acceptors (Lipinski definition) is 4. The lowest BCUT2D eigenvalue weighted by molar-refractivity contribution is -0.119. The number of rotatable bonds is 5. The van der Waals surface area contributed by atoms with Crippen LogP contribution in [0.4, 0.5) is 0 Å². The summed E-state index contributed by atoms with van der Waals surface area (Å²) in [5, 5.41) is 22.2. The molecule has 0 bridgehead atoms. The highest BCUT2D eigenvalue weighted by atomic mass is 16.3. The van der Waals surface area contributed by atoms with E-state index in [0.717, 1.165) is 57.2 Å². The molecule has 6 heteroatoms. The van der Waals surface area contributed by atoms with Gasteiger partial charge in [0.2, 0.25) is 5.91 Å². The summed E-state index contributed by atoms with van der Waals surface area (Å²) in [7, 11) is 0. The van der Waals surface area contributed by atoms with E-state index < -0.39 is 5.60 Å². The van der Waals surface area contributed by atoms with E-state index in [1.807, 2.05) is 10.9 Å². The number of aromatic nitrogens is 3. The molecule has 23 heavy (non-hydrogen) atoms. The number of carbonyl (C=O) groups is 1. The van der Waals surface area contributed by atoms with Crippen LogP contribution in [0, 0.1) is 5.92 Å². The van der Waals surface area contributed by atoms with Crippen LogP contribution in [0.2, 0.25) is 0 Å². The fourth-order valence-electron chi connectivity index (χ4n) is 4.18. The van der Waals surface area contributed by atoms with Crippen molar-refractivity contribution in [2.45, 2.75) is 82.9 Å². The number of nitrogens with one attached hydrogen (secondary N) is 1. The molecule has 6 nitrogen and oxygen atoms in total. The van der Waals surface area contributed by atoms with E-state index in [1.54, 1.807) is 6.92 Å². The molecule has 2 fully saturated rings. The predicted octanol–water partition coefficient (Wildman–Crippen LogP) is 1.82. The smallest absolute Gasteiger partial charge is 0.217 e. The van der Waals surface area contributed by atoms with Crippen LogP contribution in [0.5, 0.6) is 0 Å². The van der Waals surface area contributed by atoms with Gasteiger partial charge in [-0.1, -0.05) is 30.9 Å². The summed E-state index contributed by atoms with van der Waals surface area (Å²) >= 11 is 0. The minimum atomic E-state index is -0.592. The van der Waals surface area contributed by atoms with Crippen LogP contribution in [0.15, 0.2) is 6.20 Å². The lowest BCUT2D eigenvalue weighted by Crippen LogP contribution is -2.37. The van der Waals surface area contributed by atoms with E-state index in [2.05, 4.69) is 15.6 Å². The molecule has 1 amide bonds. The highest BCUT2D eigenvalue weighted by Gasteiger charge is 2.31. The van der Waals surface area contributed by atoms with Gasteiger partial charge in [-0.3, -0.25) is 9.48 Å². The fraction of sp³-hybridized carbons (Fsp3) is 0.824. The average molecular weight is 320 g/mol. The molecule has 0 spiro atoms. The molecule has 1 heterocycles. The zero-order valence-corrected chi connectivity index (χ0v) is 14.0. The Morgan fingerprint density at radius 3 is 2.87 bits per heavy atom. The van der Waals surface area contributed by atoms with Gasteiger partial charge < -0.3 is 10.4 Å². The van der Waals surface area contributed by atoms with Crippen LogP contribution in [0.1, 0.15) is 64.0 Å². The highest BCUT2D eigenvalue weighted by molar-refractivity contribution is 5.73. The third kappa shape index (κ3) is 4.31. The first-order chi connectivity index (χ1) is 11.0. The lowest BCUT2D eigenvalue weighted by Gasteiger charge is -2.31. The van der Waals surface area contributed by atoms with Crippen molar-refractivity contribution in [3.8, 4) is 0 Å². The van der Waals surface area contributed by atoms with Gasteiger partial charge in [0.15, 0.2) is 0 Å². The normalized spacial score (nSPS) is 27.0. The number of carbonyl (C=O) groups excluding carboxylic acids is 1. The topological polar surface area (TPSA) is 80.0 Å². The second kappa shape index (κ2) is 6.99. The second-order valence-electron chi connectivity index (χ2n) is 7.39. The predicted molar refractivity (Wildman–Crippen MR) is 86.7 cm³/mol. The Hall–Kier alpha value is -1.43. The first-order valence-electron chi connectivity index (χ1n) is 8.93. The highest BCUT2D eigenvalue weighted by Crippen LogP contribution is 2.31. The van der Waals surface area contributed by atoms with Crippen LogP contribution in [0.3, 0.4) is 0 Å². The Balaban J connectivity index is 1.57. The monoisotopic (exact) mass is 320 g/mol. The van der Waals surface area contributed by atoms with Gasteiger partial charge in [0.25, 0.3) is 0 Å². The zero-order valence-electron chi connectivity index (χ0n) is 14.0. The Kier molecular flexibility index (Phi) is 4.99. The minimum Gasteiger partial charge on any atom is -0.389 e. The van der Waals surface area contributed by atoms with E-state index in [4.69, 9.17) is 0 Å². The van der Waals surface area contributed by atoms with Gasteiger partial charge in [0, 0.05) is 32.1 Å². The van der Waals surface area contributed by atoms with Crippen LogP contribution >= 0.6 is 0 Å². The van der Waals surface area contributed by atoms with Crippen molar-refractivity contribution >= 4 is 5.91 Å². The Bertz CT molecular complexity index is 536. The van der Waals surface area contributed by atoms with Crippen LogP contribution < -0.4 is 5.32 Å². The van der Waals surface area contributed by atoms with Crippen molar-refractivity contribution in [2.24, 2.45) is 5.92 Å². The summed E-state index contributed by atoms with van der Waals surface area (Å²) in [6.45, 7) is 2.37. The molecule has 1 aromatic heterocycles. The fourth-order valence-corrected chi connectivity index (χ4v) is 4.18. The molecule has 0 unspecified atom stereocenters. The van der Waals surface area contributed by atoms with E-state index >= 15 is 0 Å². The molecule has 128 valence electrons. The summed E-state index contributed by atoms with van der Waals surface area (Å²) in [6.07, 6.45) is 11.0. The molecule has 2 saturated carbocycles. The Labute approximate surface area is 137 Å². The summed E-state index contributed by atoms with van der Waals surface area (Å²) in [4.78, 5) is 11.3.